The Morgan fingerprint density at radius 2 is 1.65 bits per heavy atom. The highest BCUT2D eigenvalue weighted by atomic mass is 35.5. The Morgan fingerprint density at radius 1 is 1.12 bits per heavy atom. The van der Waals surface area contributed by atoms with Crippen molar-refractivity contribution in [1.82, 2.24) is 15.3 Å². The van der Waals surface area contributed by atoms with Crippen molar-refractivity contribution in [2.45, 2.75) is 32.7 Å². The first-order valence-electron chi connectivity index (χ1n) is 5.53. The molecule has 1 aromatic heterocycles. The van der Waals surface area contributed by atoms with E-state index in [2.05, 4.69) is 20.6 Å². The third-order valence-electron chi connectivity index (χ3n) is 2.65. The molecule has 6 heteroatoms. The maximum absolute atomic E-state index is 4.39. The van der Waals surface area contributed by atoms with E-state index >= 15 is 0 Å². The van der Waals surface area contributed by atoms with Crippen LogP contribution in [-0.4, -0.2) is 29.1 Å². The summed E-state index contributed by atoms with van der Waals surface area (Å²) >= 11 is 0. The van der Waals surface area contributed by atoms with Crippen LogP contribution in [0.5, 0.6) is 0 Å². The average Bonchev–Trinajstić information content (AvgIpc) is 2.17. The normalized spacial score (nSPS) is 15.6. The van der Waals surface area contributed by atoms with Crippen LogP contribution in [0, 0.1) is 13.8 Å². The Kier molecular flexibility index (Phi) is 7.43. The number of halogens is 2. The van der Waals surface area contributed by atoms with Gasteiger partial charge in [0.05, 0.1) is 0 Å². The molecule has 0 aliphatic carbocycles. The van der Waals surface area contributed by atoms with Gasteiger partial charge in [-0.2, -0.15) is 0 Å². The molecule has 98 valence electrons. The third-order valence-corrected chi connectivity index (χ3v) is 2.65. The molecule has 0 spiro atoms. The highest BCUT2D eigenvalue weighted by molar-refractivity contribution is 5.85. The number of nitrogens with one attached hydrogen (secondary N) is 2. The lowest BCUT2D eigenvalue weighted by Gasteiger charge is -2.23. The molecule has 0 radical (unpaired) electrons. The molecule has 2 rings (SSSR count). The number of hydrogen-bond acceptors (Lipinski definition) is 4. The number of piperidine rings is 1. The SMILES string of the molecule is Cc1cc(C)nc(NC2CCNCC2)n1.Cl.Cl. The van der Waals surface area contributed by atoms with Crippen molar-refractivity contribution in [3.63, 3.8) is 0 Å². The maximum Gasteiger partial charge on any atom is 0.223 e. The van der Waals surface area contributed by atoms with Gasteiger partial charge in [0.2, 0.25) is 5.95 Å². The van der Waals surface area contributed by atoms with E-state index in [0.29, 0.717) is 6.04 Å². The summed E-state index contributed by atoms with van der Waals surface area (Å²) in [5.41, 5.74) is 2.05. The zero-order chi connectivity index (χ0) is 10.7. The van der Waals surface area contributed by atoms with Crippen LogP contribution in [0.1, 0.15) is 24.2 Å². The van der Waals surface area contributed by atoms with E-state index < -0.39 is 0 Å². The first-order chi connectivity index (χ1) is 7.24. The zero-order valence-electron chi connectivity index (χ0n) is 10.2. The zero-order valence-corrected chi connectivity index (χ0v) is 11.8. The van der Waals surface area contributed by atoms with Crippen molar-refractivity contribution < 1.29 is 0 Å². The fraction of sp³-hybridized carbons (Fsp3) is 0.636. The van der Waals surface area contributed by atoms with Gasteiger partial charge in [0, 0.05) is 17.4 Å². The molecule has 0 saturated carbocycles. The van der Waals surface area contributed by atoms with Crippen molar-refractivity contribution in [3.05, 3.63) is 17.5 Å². The van der Waals surface area contributed by atoms with Crippen molar-refractivity contribution in [1.29, 1.82) is 0 Å². The summed E-state index contributed by atoms with van der Waals surface area (Å²) in [5, 5.41) is 6.74. The second-order valence-electron chi connectivity index (χ2n) is 4.14. The summed E-state index contributed by atoms with van der Waals surface area (Å²) in [4.78, 5) is 8.77. The van der Waals surface area contributed by atoms with E-state index in [1.807, 2.05) is 19.9 Å². The molecule has 1 aliphatic heterocycles. The molecule has 4 nitrogen and oxygen atoms in total. The molecule has 0 aromatic carbocycles. The van der Waals surface area contributed by atoms with Crippen molar-refractivity contribution in [3.8, 4) is 0 Å². The van der Waals surface area contributed by atoms with Crippen LogP contribution < -0.4 is 10.6 Å². The minimum absolute atomic E-state index is 0. The van der Waals surface area contributed by atoms with Gasteiger partial charge in [-0.05, 0) is 45.8 Å². The number of anilines is 1. The largest absolute Gasteiger partial charge is 0.351 e. The Labute approximate surface area is 115 Å². The van der Waals surface area contributed by atoms with Gasteiger partial charge in [-0.25, -0.2) is 9.97 Å². The van der Waals surface area contributed by atoms with E-state index in [-0.39, 0.29) is 24.8 Å². The predicted molar refractivity (Wildman–Crippen MR) is 75.5 cm³/mol. The molecule has 0 atom stereocenters. The molecular formula is C11H20Cl2N4. The van der Waals surface area contributed by atoms with Crippen LogP contribution in [0.3, 0.4) is 0 Å². The van der Waals surface area contributed by atoms with E-state index in [4.69, 9.17) is 0 Å². The minimum atomic E-state index is 0. The number of rotatable bonds is 2. The third kappa shape index (κ3) is 5.06. The van der Waals surface area contributed by atoms with Crippen LogP contribution in [0.2, 0.25) is 0 Å². The molecule has 2 N–H and O–H groups in total. The van der Waals surface area contributed by atoms with Gasteiger partial charge < -0.3 is 10.6 Å². The molecule has 0 bridgehead atoms. The summed E-state index contributed by atoms with van der Waals surface area (Å²) in [6.45, 7) is 6.18. The Hall–Kier alpha value is -0.580. The second kappa shape index (κ2) is 7.69. The van der Waals surface area contributed by atoms with Crippen LogP contribution in [0.4, 0.5) is 5.95 Å². The lowest BCUT2D eigenvalue weighted by atomic mass is 10.1. The number of aryl methyl sites for hydroxylation is 2. The molecule has 17 heavy (non-hydrogen) atoms. The molecule has 1 aromatic rings. The topological polar surface area (TPSA) is 49.8 Å². The minimum Gasteiger partial charge on any atom is -0.351 e. The first kappa shape index (κ1) is 16.4. The Balaban J connectivity index is 0.00000128. The van der Waals surface area contributed by atoms with Gasteiger partial charge >= 0.3 is 0 Å². The molecule has 1 fully saturated rings. The highest BCUT2D eigenvalue weighted by Crippen LogP contribution is 2.10. The number of aromatic nitrogens is 2. The van der Waals surface area contributed by atoms with Gasteiger partial charge in [-0.3, -0.25) is 0 Å². The summed E-state index contributed by atoms with van der Waals surface area (Å²) in [6.07, 6.45) is 2.30. The number of nitrogens with zero attached hydrogens (tertiary/aromatic N) is 2. The summed E-state index contributed by atoms with van der Waals surface area (Å²) in [6, 6.07) is 2.51. The lowest BCUT2D eigenvalue weighted by Crippen LogP contribution is -2.35. The van der Waals surface area contributed by atoms with E-state index in [1.54, 1.807) is 0 Å². The smallest absolute Gasteiger partial charge is 0.223 e. The van der Waals surface area contributed by atoms with E-state index in [9.17, 15) is 0 Å². The molecule has 2 heterocycles. The van der Waals surface area contributed by atoms with Crippen LogP contribution in [-0.2, 0) is 0 Å². The molecular weight excluding hydrogens is 259 g/mol. The van der Waals surface area contributed by atoms with Crippen molar-refractivity contribution in [2.24, 2.45) is 0 Å². The quantitative estimate of drug-likeness (QED) is 0.870. The Morgan fingerprint density at radius 3 is 2.18 bits per heavy atom. The fourth-order valence-electron chi connectivity index (χ4n) is 1.94. The summed E-state index contributed by atoms with van der Waals surface area (Å²) in [7, 11) is 0. The highest BCUT2D eigenvalue weighted by Gasteiger charge is 2.13. The van der Waals surface area contributed by atoms with Gasteiger partial charge in [0.15, 0.2) is 0 Å². The molecule has 0 unspecified atom stereocenters. The van der Waals surface area contributed by atoms with Crippen LogP contribution in [0.15, 0.2) is 6.07 Å². The summed E-state index contributed by atoms with van der Waals surface area (Å²) in [5.74, 6) is 0.777. The maximum atomic E-state index is 4.39. The lowest BCUT2D eigenvalue weighted by molar-refractivity contribution is 0.477. The van der Waals surface area contributed by atoms with Gasteiger partial charge in [-0.1, -0.05) is 0 Å². The van der Waals surface area contributed by atoms with Gasteiger partial charge in [0.25, 0.3) is 0 Å². The Bertz CT molecular complexity index is 320. The number of hydrogen-bond donors (Lipinski definition) is 2. The molecule has 0 amide bonds. The van der Waals surface area contributed by atoms with Crippen LogP contribution >= 0.6 is 24.8 Å². The second-order valence-corrected chi connectivity index (χ2v) is 4.14. The van der Waals surface area contributed by atoms with Crippen molar-refractivity contribution >= 4 is 30.8 Å². The fourth-order valence-corrected chi connectivity index (χ4v) is 1.94. The first-order valence-corrected chi connectivity index (χ1v) is 5.53. The van der Waals surface area contributed by atoms with Gasteiger partial charge in [-0.15, -0.1) is 24.8 Å². The monoisotopic (exact) mass is 278 g/mol. The van der Waals surface area contributed by atoms with E-state index in [0.717, 1.165) is 43.3 Å². The summed E-state index contributed by atoms with van der Waals surface area (Å²) < 4.78 is 0. The predicted octanol–water partition coefficient (Wildman–Crippen LogP) is 2.10. The molecule has 1 aliphatic rings. The van der Waals surface area contributed by atoms with Gasteiger partial charge in [0.1, 0.15) is 0 Å². The average molecular weight is 279 g/mol. The van der Waals surface area contributed by atoms with Crippen molar-refractivity contribution in [2.75, 3.05) is 18.4 Å². The van der Waals surface area contributed by atoms with E-state index in [1.165, 1.54) is 0 Å². The molecule has 1 saturated heterocycles. The standard InChI is InChI=1S/C11H18N4.2ClH/c1-8-7-9(2)14-11(13-8)15-10-3-5-12-6-4-10;;/h7,10,12H,3-6H2,1-2H3,(H,13,14,15);2*1H. The van der Waals surface area contributed by atoms with Crippen LogP contribution in [0.25, 0.3) is 0 Å².